The zero-order valence-corrected chi connectivity index (χ0v) is 16.3. The largest absolute Gasteiger partial charge is 0.465 e. The minimum atomic E-state index is -0.441. The van der Waals surface area contributed by atoms with Gasteiger partial charge in [0.25, 0.3) is 5.69 Å². The summed E-state index contributed by atoms with van der Waals surface area (Å²) in [5.41, 5.74) is 2.49. The van der Waals surface area contributed by atoms with Crippen LogP contribution >= 0.6 is 23.2 Å². The van der Waals surface area contributed by atoms with Crippen molar-refractivity contribution in [3.8, 4) is 0 Å². The number of fused-ring (bicyclic) bond motifs is 3. The van der Waals surface area contributed by atoms with E-state index >= 15 is 0 Å². The lowest BCUT2D eigenvalue weighted by atomic mass is 9.75. The second-order valence-electron chi connectivity index (χ2n) is 6.81. The second kappa shape index (κ2) is 7.11. The third kappa shape index (κ3) is 2.93. The first-order valence-corrected chi connectivity index (χ1v) is 9.45. The maximum absolute atomic E-state index is 12.3. The fourth-order valence-electron chi connectivity index (χ4n) is 4.15. The van der Waals surface area contributed by atoms with Crippen LogP contribution in [0.15, 0.2) is 42.5 Å². The number of benzene rings is 2. The molecule has 1 aliphatic carbocycles. The average Bonchev–Trinajstić information content (AvgIpc) is 3.17. The summed E-state index contributed by atoms with van der Waals surface area (Å²) in [4.78, 5) is 23.1. The highest BCUT2D eigenvalue weighted by Crippen LogP contribution is 2.53. The van der Waals surface area contributed by atoms with Gasteiger partial charge in [0.1, 0.15) is 0 Å². The number of nitro benzene ring substituents is 1. The molecule has 0 unspecified atom stereocenters. The van der Waals surface area contributed by atoms with Gasteiger partial charge in [-0.1, -0.05) is 35.4 Å². The zero-order chi connectivity index (χ0) is 20.0. The fourth-order valence-corrected chi connectivity index (χ4v) is 4.61. The van der Waals surface area contributed by atoms with Crippen molar-refractivity contribution in [1.82, 2.24) is 0 Å². The van der Waals surface area contributed by atoms with Crippen molar-refractivity contribution in [3.63, 3.8) is 0 Å². The Labute approximate surface area is 171 Å². The number of carbonyl (C=O) groups is 1. The highest BCUT2D eigenvalue weighted by Gasteiger charge is 2.42. The van der Waals surface area contributed by atoms with Gasteiger partial charge in [-0.25, -0.2) is 4.79 Å². The van der Waals surface area contributed by atoms with Crippen LogP contribution in [0, 0.1) is 16.0 Å². The quantitative estimate of drug-likeness (QED) is 0.307. The Morgan fingerprint density at radius 3 is 2.71 bits per heavy atom. The molecule has 0 amide bonds. The van der Waals surface area contributed by atoms with Gasteiger partial charge in [0.2, 0.25) is 0 Å². The Morgan fingerprint density at radius 2 is 2.00 bits per heavy atom. The summed E-state index contributed by atoms with van der Waals surface area (Å²) in [7, 11) is 1.34. The monoisotopic (exact) mass is 418 g/mol. The fraction of sp³-hybridized carbons (Fsp3) is 0.250. The predicted octanol–water partition coefficient (Wildman–Crippen LogP) is 5.51. The van der Waals surface area contributed by atoms with E-state index in [1.54, 1.807) is 12.1 Å². The van der Waals surface area contributed by atoms with Crippen molar-refractivity contribution in [2.45, 2.75) is 18.4 Å². The normalized spacial score (nSPS) is 22.2. The van der Waals surface area contributed by atoms with Crippen LogP contribution < -0.4 is 5.32 Å². The van der Waals surface area contributed by atoms with E-state index in [4.69, 9.17) is 27.9 Å². The Balaban J connectivity index is 1.88. The van der Waals surface area contributed by atoms with E-state index < -0.39 is 10.9 Å². The van der Waals surface area contributed by atoms with Gasteiger partial charge in [0.15, 0.2) is 0 Å². The molecule has 0 bridgehead atoms. The number of halogens is 2. The highest BCUT2D eigenvalue weighted by atomic mass is 35.5. The lowest BCUT2D eigenvalue weighted by Crippen LogP contribution is -2.31. The van der Waals surface area contributed by atoms with E-state index in [1.165, 1.54) is 25.3 Å². The van der Waals surface area contributed by atoms with Crippen molar-refractivity contribution in [1.29, 1.82) is 0 Å². The molecule has 2 aliphatic rings. The summed E-state index contributed by atoms with van der Waals surface area (Å²) in [6, 6.07) is 7.44. The van der Waals surface area contributed by atoms with E-state index in [2.05, 4.69) is 5.32 Å². The molecule has 0 saturated heterocycles. The number of nitrogens with one attached hydrogen (secondary N) is 1. The Bertz CT molecular complexity index is 1020. The van der Waals surface area contributed by atoms with Crippen LogP contribution in [-0.2, 0) is 4.74 Å². The third-order valence-electron chi connectivity index (χ3n) is 5.40. The lowest BCUT2D eigenvalue weighted by Gasteiger charge is -2.39. The molecule has 4 rings (SSSR count). The second-order valence-corrected chi connectivity index (χ2v) is 7.63. The minimum Gasteiger partial charge on any atom is -0.465 e. The Kier molecular flexibility index (Phi) is 4.77. The number of non-ortho nitro benzene ring substituents is 1. The molecule has 144 valence electrons. The zero-order valence-electron chi connectivity index (χ0n) is 14.8. The standard InChI is InChI=1S/C20H16Cl2N2O4/c1-28-20(25)13-6-8-16(22)19-17(13)11-3-2-4-12(11)18(23-19)14-9-10(24(26)27)5-7-15(14)21/h2-3,5-9,11-12,18,23H,4H2,1H3/t11-,12-,18+/m1/s1. The van der Waals surface area contributed by atoms with Crippen LogP contribution in [0.5, 0.6) is 0 Å². The van der Waals surface area contributed by atoms with Crippen molar-refractivity contribution in [2.24, 2.45) is 5.92 Å². The first-order chi connectivity index (χ1) is 13.4. The molecule has 1 N–H and O–H groups in total. The smallest absolute Gasteiger partial charge is 0.338 e. The van der Waals surface area contributed by atoms with Gasteiger partial charge < -0.3 is 10.1 Å². The molecule has 2 aromatic carbocycles. The molecular formula is C20H16Cl2N2O4. The summed E-state index contributed by atoms with van der Waals surface area (Å²) in [6.07, 6.45) is 4.84. The molecule has 1 heterocycles. The number of ether oxygens (including phenoxy) is 1. The molecule has 0 spiro atoms. The third-order valence-corrected chi connectivity index (χ3v) is 6.06. The summed E-state index contributed by atoms with van der Waals surface area (Å²) in [6.45, 7) is 0. The number of hydrogen-bond acceptors (Lipinski definition) is 5. The van der Waals surface area contributed by atoms with Crippen LogP contribution in [-0.4, -0.2) is 18.0 Å². The summed E-state index contributed by atoms with van der Waals surface area (Å²) in [5.74, 6) is -0.473. The number of carbonyl (C=O) groups excluding carboxylic acids is 1. The summed E-state index contributed by atoms with van der Waals surface area (Å²) >= 11 is 12.9. The number of anilines is 1. The molecular weight excluding hydrogens is 403 g/mol. The topological polar surface area (TPSA) is 81.5 Å². The number of nitrogens with zero attached hydrogens (tertiary/aromatic N) is 1. The van der Waals surface area contributed by atoms with Crippen LogP contribution in [0.3, 0.4) is 0 Å². The average molecular weight is 419 g/mol. The van der Waals surface area contributed by atoms with Gasteiger partial charge in [-0.15, -0.1) is 0 Å². The van der Waals surface area contributed by atoms with Gasteiger partial charge in [-0.3, -0.25) is 10.1 Å². The van der Waals surface area contributed by atoms with Gasteiger partial charge >= 0.3 is 5.97 Å². The van der Waals surface area contributed by atoms with Gasteiger partial charge in [-0.05, 0) is 36.1 Å². The van der Waals surface area contributed by atoms with E-state index in [0.717, 1.165) is 12.0 Å². The van der Waals surface area contributed by atoms with E-state index in [9.17, 15) is 14.9 Å². The molecule has 0 saturated carbocycles. The number of methoxy groups -OCH3 is 1. The number of nitro groups is 1. The molecule has 0 aromatic heterocycles. The van der Waals surface area contributed by atoms with Gasteiger partial charge in [0.05, 0.1) is 34.3 Å². The number of hydrogen-bond donors (Lipinski definition) is 1. The van der Waals surface area contributed by atoms with E-state index in [1.807, 2.05) is 12.2 Å². The van der Waals surface area contributed by atoms with Crippen molar-refractivity contribution < 1.29 is 14.5 Å². The first kappa shape index (κ1) is 18.8. The highest BCUT2D eigenvalue weighted by molar-refractivity contribution is 6.34. The SMILES string of the molecule is COC(=O)c1ccc(Cl)c2c1[C@@H]1C=CC[C@H]1[C@@H](c1cc([N+](=O)[O-])ccc1Cl)N2. The van der Waals surface area contributed by atoms with Crippen LogP contribution in [0.4, 0.5) is 11.4 Å². The number of esters is 1. The van der Waals surface area contributed by atoms with Gasteiger partial charge in [-0.2, -0.15) is 0 Å². The van der Waals surface area contributed by atoms with Crippen molar-refractivity contribution in [2.75, 3.05) is 12.4 Å². The van der Waals surface area contributed by atoms with Crippen molar-refractivity contribution in [3.05, 3.63) is 79.3 Å². The lowest BCUT2D eigenvalue weighted by molar-refractivity contribution is -0.384. The van der Waals surface area contributed by atoms with E-state index in [-0.39, 0.29) is 23.6 Å². The molecule has 1 aliphatic heterocycles. The maximum atomic E-state index is 12.3. The minimum absolute atomic E-state index is 0.0242. The maximum Gasteiger partial charge on any atom is 0.338 e. The Hall–Kier alpha value is -2.57. The molecule has 8 heteroatoms. The van der Waals surface area contributed by atoms with Crippen LogP contribution in [0.1, 0.15) is 39.9 Å². The number of rotatable bonds is 3. The first-order valence-electron chi connectivity index (χ1n) is 8.70. The molecule has 28 heavy (non-hydrogen) atoms. The van der Waals surface area contributed by atoms with Crippen LogP contribution in [0.2, 0.25) is 10.0 Å². The van der Waals surface area contributed by atoms with Gasteiger partial charge in [0, 0.05) is 28.6 Å². The molecule has 2 aromatic rings. The van der Waals surface area contributed by atoms with E-state index in [0.29, 0.717) is 26.9 Å². The molecule has 0 fully saturated rings. The van der Waals surface area contributed by atoms with Crippen LogP contribution in [0.25, 0.3) is 0 Å². The molecule has 0 radical (unpaired) electrons. The Morgan fingerprint density at radius 1 is 1.25 bits per heavy atom. The van der Waals surface area contributed by atoms with Crippen molar-refractivity contribution >= 4 is 40.5 Å². The summed E-state index contributed by atoms with van der Waals surface area (Å²) < 4.78 is 4.93. The summed E-state index contributed by atoms with van der Waals surface area (Å²) in [5, 5.41) is 15.5. The molecule has 3 atom stereocenters. The number of allylic oxidation sites excluding steroid dienone is 2. The molecule has 6 nitrogen and oxygen atoms in total. The predicted molar refractivity (Wildman–Crippen MR) is 107 cm³/mol.